The number of hydrogen-bond acceptors (Lipinski definition) is 4. The number of benzene rings is 2. The second kappa shape index (κ2) is 7.97. The predicted molar refractivity (Wildman–Crippen MR) is 103 cm³/mol. The number of rotatable bonds is 5. The molecule has 0 unspecified atom stereocenters. The van der Waals surface area contributed by atoms with Crippen LogP contribution in [-0.2, 0) is 12.7 Å². The summed E-state index contributed by atoms with van der Waals surface area (Å²) in [6.07, 6.45) is -4.45. The summed E-state index contributed by atoms with van der Waals surface area (Å²) in [5, 5.41) is 18.1. The highest BCUT2D eigenvalue weighted by atomic mass is 19.4. The van der Waals surface area contributed by atoms with E-state index >= 15 is 0 Å². The van der Waals surface area contributed by atoms with Gasteiger partial charge in [0.1, 0.15) is 5.56 Å². The number of nitrogens with zero attached hydrogens (tertiary/aromatic N) is 3. The molecule has 0 radical (unpaired) electrons. The van der Waals surface area contributed by atoms with Gasteiger partial charge in [-0.15, -0.1) is 0 Å². The highest BCUT2D eigenvalue weighted by Crippen LogP contribution is 2.30. The number of aryl methyl sites for hydroxylation is 1. The third-order valence-corrected chi connectivity index (χ3v) is 4.55. The van der Waals surface area contributed by atoms with Crippen molar-refractivity contribution >= 4 is 17.3 Å². The maximum atomic E-state index is 12.9. The molecular weight excluding hydrogens is 401 g/mol. The molecular formula is C20H17F3N4O3. The predicted octanol–water partition coefficient (Wildman–Crippen LogP) is 4.73. The van der Waals surface area contributed by atoms with E-state index in [-0.39, 0.29) is 17.8 Å². The number of para-hydroxylation sites is 1. The lowest BCUT2D eigenvalue weighted by molar-refractivity contribution is -0.385. The highest BCUT2D eigenvalue weighted by Gasteiger charge is 2.30. The van der Waals surface area contributed by atoms with Crippen molar-refractivity contribution in [2.24, 2.45) is 0 Å². The van der Waals surface area contributed by atoms with Crippen LogP contribution in [0, 0.1) is 24.0 Å². The maximum absolute atomic E-state index is 12.9. The fraction of sp³-hybridized carbons (Fsp3) is 0.200. The Labute approximate surface area is 169 Å². The quantitative estimate of drug-likeness (QED) is 0.479. The summed E-state index contributed by atoms with van der Waals surface area (Å²) in [5.74, 6) is -0.674. The molecule has 0 spiro atoms. The molecule has 1 heterocycles. The second-order valence-electron chi connectivity index (χ2n) is 6.63. The first kappa shape index (κ1) is 21.0. The van der Waals surface area contributed by atoms with Crippen LogP contribution in [0.3, 0.4) is 0 Å². The van der Waals surface area contributed by atoms with Crippen molar-refractivity contribution in [3.05, 3.63) is 86.7 Å². The Bertz CT molecular complexity index is 1120. The van der Waals surface area contributed by atoms with Crippen molar-refractivity contribution in [2.45, 2.75) is 26.6 Å². The molecule has 0 saturated heterocycles. The zero-order chi connectivity index (χ0) is 22.1. The minimum absolute atomic E-state index is 0.0674. The van der Waals surface area contributed by atoms with Crippen LogP contribution >= 0.6 is 0 Å². The van der Waals surface area contributed by atoms with Crippen LogP contribution in [0.5, 0.6) is 0 Å². The van der Waals surface area contributed by atoms with E-state index in [0.717, 1.165) is 12.1 Å². The fourth-order valence-electron chi connectivity index (χ4n) is 3.06. The van der Waals surface area contributed by atoms with Crippen molar-refractivity contribution in [1.82, 2.24) is 9.78 Å². The van der Waals surface area contributed by atoms with Crippen molar-refractivity contribution in [3.8, 4) is 0 Å². The lowest BCUT2D eigenvalue weighted by atomic mass is 10.1. The summed E-state index contributed by atoms with van der Waals surface area (Å²) in [6, 6.07) is 10.4. The van der Waals surface area contributed by atoms with E-state index in [2.05, 4.69) is 10.4 Å². The first-order valence-electron chi connectivity index (χ1n) is 8.83. The molecule has 1 amide bonds. The fourth-order valence-corrected chi connectivity index (χ4v) is 3.06. The van der Waals surface area contributed by atoms with E-state index in [0.29, 0.717) is 22.6 Å². The monoisotopic (exact) mass is 418 g/mol. The molecule has 0 fully saturated rings. The van der Waals surface area contributed by atoms with Gasteiger partial charge in [-0.2, -0.15) is 18.3 Å². The summed E-state index contributed by atoms with van der Waals surface area (Å²) in [4.78, 5) is 23.1. The Kier molecular flexibility index (Phi) is 5.59. The number of carbonyl (C=O) groups excluding carboxylic acids is 1. The minimum Gasteiger partial charge on any atom is -0.319 e. The standard InChI is InChI=1S/C20H17F3N4O3/c1-12-18(24-19(28)16-8-3-4-9-17(16)27(29)30)13(2)26(25-12)11-14-6-5-7-15(10-14)20(21,22)23/h3-10H,11H2,1-2H3,(H,24,28). The summed E-state index contributed by atoms with van der Waals surface area (Å²) in [5.41, 5.74) is 0.500. The van der Waals surface area contributed by atoms with Crippen molar-refractivity contribution in [2.75, 3.05) is 5.32 Å². The largest absolute Gasteiger partial charge is 0.416 e. The molecule has 0 aliphatic carbocycles. The molecule has 156 valence electrons. The number of hydrogen-bond donors (Lipinski definition) is 1. The van der Waals surface area contributed by atoms with Gasteiger partial charge in [-0.1, -0.05) is 24.3 Å². The Morgan fingerprint density at radius 1 is 1.17 bits per heavy atom. The molecule has 3 aromatic rings. The third-order valence-electron chi connectivity index (χ3n) is 4.55. The SMILES string of the molecule is Cc1nn(Cc2cccc(C(F)(F)F)c2)c(C)c1NC(=O)c1ccccc1[N+](=O)[O-]. The van der Waals surface area contributed by atoms with Crippen molar-refractivity contribution in [1.29, 1.82) is 0 Å². The number of alkyl halides is 3. The molecule has 0 saturated carbocycles. The molecule has 30 heavy (non-hydrogen) atoms. The second-order valence-corrected chi connectivity index (χ2v) is 6.63. The number of halogens is 3. The van der Waals surface area contributed by atoms with Gasteiger partial charge in [0.2, 0.25) is 0 Å². The molecule has 0 aliphatic rings. The average Bonchev–Trinajstić information content (AvgIpc) is 2.94. The smallest absolute Gasteiger partial charge is 0.319 e. The number of anilines is 1. The molecule has 1 aromatic heterocycles. The Hall–Kier alpha value is -3.69. The topological polar surface area (TPSA) is 90.1 Å². The van der Waals surface area contributed by atoms with Gasteiger partial charge in [0, 0.05) is 6.07 Å². The van der Waals surface area contributed by atoms with Crippen LogP contribution in [0.4, 0.5) is 24.5 Å². The van der Waals surface area contributed by atoms with Gasteiger partial charge < -0.3 is 5.32 Å². The van der Waals surface area contributed by atoms with E-state index in [1.54, 1.807) is 19.9 Å². The number of carbonyl (C=O) groups is 1. The summed E-state index contributed by atoms with van der Waals surface area (Å²) in [7, 11) is 0. The van der Waals surface area contributed by atoms with Gasteiger partial charge in [-0.25, -0.2) is 0 Å². The van der Waals surface area contributed by atoms with E-state index in [1.165, 1.54) is 35.0 Å². The number of nitrogens with one attached hydrogen (secondary N) is 1. The number of amides is 1. The Balaban J connectivity index is 1.87. The molecule has 1 N–H and O–H groups in total. The highest BCUT2D eigenvalue weighted by molar-refractivity contribution is 6.07. The molecule has 3 rings (SSSR count). The molecule has 2 aromatic carbocycles. The van der Waals surface area contributed by atoms with Gasteiger partial charge in [-0.3, -0.25) is 19.6 Å². The van der Waals surface area contributed by atoms with Crippen molar-refractivity contribution in [3.63, 3.8) is 0 Å². The molecule has 0 bridgehead atoms. The Morgan fingerprint density at radius 2 is 1.87 bits per heavy atom. The van der Waals surface area contributed by atoms with Gasteiger partial charge >= 0.3 is 6.18 Å². The molecule has 0 atom stereocenters. The number of nitro groups is 1. The van der Waals surface area contributed by atoms with Crippen LogP contribution in [0.25, 0.3) is 0 Å². The zero-order valence-electron chi connectivity index (χ0n) is 16.0. The normalized spacial score (nSPS) is 11.4. The van der Waals surface area contributed by atoms with Gasteiger partial charge in [0.05, 0.1) is 34.1 Å². The molecule has 10 heteroatoms. The first-order chi connectivity index (χ1) is 14.1. The van der Waals surface area contributed by atoms with Crippen LogP contribution in [0.2, 0.25) is 0 Å². The van der Waals surface area contributed by atoms with Crippen molar-refractivity contribution < 1.29 is 22.9 Å². The number of aromatic nitrogens is 2. The maximum Gasteiger partial charge on any atom is 0.416 e. The average molecular weight is 418 g/mol. The van der Waals surface area contributed by atoms with E-state index < -0.39 is 22.6 Å². The van der Waals surface area contributed by atoms with Crippen LogP contribution in [0.15, 0.2) is 48.5 Å². The Morgan fingerprint density at radius 3 is 2.53 bits per heavy atom. The van der Waals surface area contributed by atoms with E-state index in [1.807, 2.05) is 0 Å². The zero-order valence-corrected chi connectivity index (χ0v) is 16.0. The van der Waals surface area contributed by atoms with Crippen LogP contribution < -0.4 is 5.32 Å². The molecule has 7 nitrogen and oxygen atoms in total. The third kappa shape index (κ3) is 4.32. The molecule has 0 aliphatic heterocycles. The van der Waals surface area contributed by atoms with Crippen LogP contribution in [0.1, 0.15) is 32.9 Å². The first-order valence-corrected chi connectivity index (χ1v) is 8.83. The lowest BCUT2D eigenvalue weighted by Gasteiger charge is -2.10. The lowest BCUT2D eigenvalue weighted by Crippen LogP contribution is -2.15. The van der Waals surface area contributed by atoms with Gasteiger partial charge in [0.25, 0.3) is 11.6 Å². The van der Waals surface area contributed by atoms with Gasteiger partial charge in [0.15, 0.2) is 0 Å². The summed E-state index contributed by atoms with van der Waals surface area (Å²) in [6.45, 7) is 3.35. The van der Waals surface area contributed by atoms with Gasteiger partial charge in [-0.05, 0) is 37.6 Å². The summed E-state index contributed by atoms with van der Waals surface area (Å²) < 4.78 is 40.3. The van der Waals surface area contributed by atoms with Crippen LogP contribution in [-0.4, -0.2) is 20.6 Å². The van der Waals surface area contributed by atoms with E-state index in [9.17, 15) is 28.1 Å². The minimum atomic E-state index is -4.45. The van der Waals surface area contributed by atoms with E-state index in [4.69, 9.17) is 0 Å². The number of nitro benzene ring substituents is 1. The summed E-state index contributed by atoms with van der Waals surface area (Å²) >= 11 is 0.